The smallest absolute Gasteiger partial charge is 0.410 e. The number of hydrogen-bond acceptors (Lipinski definition) is 3. The molecule has 1 saturated heterocycles. The third-order valence-electron chi connectivity index (χ3n) is 4.48. The first-order valence-electron chi connectivity index (χ1n) is 8.26. The van der Waals surface area contributed by atoms with Gasteiger partial charge in [0.2, 0.25) is 0 Å². The maximum absolute atomic E-state index is 12.3. The van der Waals surface area contributed by atoms with E-state index in [2.05, 4.69) is 4.40 Å². The van der Waals surface area contributed by atoms with Gasteiger partial charge in [0, 0.05) is 12.0 Å². The zero-order valence-electron chi connectivity index (χ0n) is 14.4. The van der Waals surface area contributed by atoms with Crippen LogP contribution in [0.15, 0.2) is 34.7 Å². The summed E-state index contributed by atoms with van der Waals surface area (Å²) in [4.78, 5) is 14.0. The molecular formula is C18H24N2O3S. The molecule has 1 aromatic rings. The Morgan fingerprint density at radius 2 is 1.96 bits per heavy atom. The second kappa shape index (κ2) is 6.31. The summed E-state index contributed by atoms with van der Waals surface area (Å²) in [5.74, 6) is 0. The van der Waals surface area contributed by atoms with Crippen LogP contribution in [-0.4, -0.2) is 38.8 Å². The van der Waals surface area contributed by atoms with Crippen molar-refractivity contribution < 1.29 is 13.7 Å². The molecule has 0 aromatic heterocycles. The molecule has 1 atom stereocenters. The largest absolute Gasteiger partial charge is 0.445 e. The SMILES string of the molecule is CC(C)(C)[S@@](=O)N=C1CN(C(=O)OCc2ccccc2)CC12CC2. The quantitative estimate of drug-likeness (QED) is 0.842. The molecule has 1 aromatic carbocycles. The first-order chi connectivity index (χ1) is 11.3. The summed E-state index contributed by atoms with van der Waals surface area (Å²) in [5, 5.41) is 0. The topological polar surface area (TPSA) is 59.0 Å². The van der Waals surface area contributed by atoms with Crippen molar-refractivity contribution in [3.8, 4) is 0 Å². The number of ether oxygens (including phenoxy) is 1. The van der Waals surface area contributed by atoms with Crippen LogP contribution in [-0.2, 0) is 22.3 Å². The van der Waals surface area contributed by atoms with Crippen LogP contribution in [0.25, 0.3) is 0 Å². The van der Waals surface area contributed by atoms with Gasteiger partial charge in [-0.05, 0) is 39.2 Å². The second-order valence-electron chi connectivity index (χ2n) is 7.58. The van der Waals surface area contributed by atoms with Crippen LogP contribution in [0.3, 0.4) is 0 Å². The lowest BCUT2D eigenvalue weighted by Gasteiger charge is -2.15. The predicted molar refractivity (Wildman–Crippen MR) is 95.2 cm³/mol. The van der Waals surface area contributed by atoms with Gasteiger partial charge in [0.15, 0.2) is 0 Å². The van der Waals surface area contributed by atoms with Gasteiger partial charge in [-0.15, -0.1) is 0 Å². The molecule has 1 aliphatic carbocycles. The first kappa shape index (κ1) is 17.1. The zero-order valence-corrected chi connectivity index (χ0v) is 15.3. The molecule has 130 valence electrons. The summed E-state index contributed by atoms with van der Waals surface area (Å²) in [6.07, 6.45) is 1.70. The average Bonchev–Trinajstić information content (AvgIpc) is 3.22. The molecule has 3 rings (SSSR count). The summed E-state index contributed by atoms with van der Waals surface area (Å²) < 4.78 is 21.8. The monoisotopic (exact) mass is 348 g/mol. The van der Waals surface area contributed by atoms with Gasteiger partial charge in [-0.3, -0.25) is 0 Å². The normalized spacial score (nSPS) is 22.0. The lowest BCUT2D eigenvalue weighted by Crippen LogP contribution is -2.30. The third kappa shape index (κ3) is 3.69. The highest BCUT2D eigenvalue weighted by Gasteiger charge is 2.55. The van der Waals surface area contributed by atoms with Gasteiger partial charge in [-0.25, -0.2) is 9.00 Å². The van der Waals surface area contributed by atoms with Gasteiger partial charge >= 0.3 is 6.09 Å². The van der Waals surface area contributed by atoms with Crippen molar-refractivity contribution in [2.24, 2.45) is 9.81 Å². The molecule has 6 heteroatoms. The first-order valence-corrected chi connectivity index (χ1v) is 9.37. The van der Waals surface area contributed by atoms with Crippen molar-refractivity contribution in [3.63, 3.8) is 0 Å². The second-order valence-corrected chi connectivity index (χ2v) is 9.48. The number of benzene rings is 1. The molecule has 0 N–H and O–H groups in total. The summed E-state index contributed by atoms with van der Waals surface area (Å²) in [7, 11) is -1.29. The van der Waals surface area contributed by atoms with Crippen molar-refractivity contribution >= 4 is 22.8 Å². The highest BCUT2D eigenvalue weighted by Crippen LogP contribution is 2.51. The fourth-order valence-corrected chi connectivity index (χ4v) is 3.49. The van der Waals surface area contributed by atoms with Gasteiger partial charge in [0.1, 0.15) is 17.6 Å². The minimum atomic E-state index is -1.29. The van der Waals surface area contributed by atoms with E-state index in [9.17, 15) is 9.00 Å². The Morgan fingerprint density at radius 1 is 1.29 bits per heavy atom. The van der Waals surface area contributed by atoms with E-state index in [0.717, 1.165) is 24.1 Å². The predicted octanol–water partition coefficient (Wildman–Crippen LogP) is 3.32. The number of hydrogen-bond donors (Lipinski definition) is 0. The molecule has 2 aliphatic rings. The van der Waals surface area contributed by atoms with E-state index in [1.807, 2.05) is 51.1 Å². The lowest BCUT2D eigenvalue weighted by atomic mass is 10.1. The van der Waals surface area contributed by atoms with E-state index < -0.39 is 11.0 Å². The number of likely N-dealkylation sites (tertiary alicyclic amines) is 1. The van der Waals surface area contributed by atoms with Crippen LogP contribution < -0.4 is 0 Å². The van der Waals surface area contributed by atoms with Crippen LogP contribution in [0.4, 0.5) is 4.79 Å². The van der Waals surface area contributed by atoms with E-state index in [-0.39, 0.29) is 22.9 Å². The molecule has 0 bridgehead atoms. The molecule has 1 aliphatic heterocycles. The molecule has 24 heavy (non-hydrogen) atoms. The van der Waals surface area contributed by atoms with Crippen molar-refractivity contribution in [2.75, 3.05) is 13.1 Å². The summed E-state index contributed by atoms with van der Waals surface area (Å²) in [5.41, 5.74) is 1.81. The Morgan fingerprint density at radius 3 is 2.54 bits per heavy atom. The van der Waals surface area contributed by atoms with Crippen LogP contribution in [0.1, 0.15) is 39.2 Å². The van der Waals surface area contributed by atoms with Crippen molar-refractivity contribution in [3.05, 3.63) is 35.9 Å². The van der Waals surface area contributed by atoms with E-state index in [4.69, 9.17) is 4.74 Å². The van der Waals surface area contributed by atoms with Crippen LogP contribution in [0.2, 0.25) is 0 Å². The minimum absolute atomic E-state index is 0.0489. The van der Waals surface area contributed by atoms with Crippen LogP contribution in [0, 0.1) is 5.41 Å². The molecule has 5 nitrogen and oxygen atoms in total. The summed E-state index contributed by atoms with van der Waals surface area (Å²) in [6.45, 7) is 7.05. The van der Waals surface area contributed by atoms with Crippen LogP contribution in [0.5, 0.6) is 0 Å². The summed E-state index contributed by atoms with van der Waals surface area (Å²) >= 11 is 0. The standard InChI is InChI=1S/C18H24N2O3S/c1-17(2,3)24(22)19-15-11-20(13-18(15)9-10-18)16(21)23-12-14-7-5-4-6-8-14/h4-8H,9-13H2,1-3H3/t24-/m1/s1. The molecule has 1 heterocycles. The zero-order chi connectivity index (χ0) is 17.4. The number of amides is 1. The Kier molecular flexibility index (Phi) is 4.51. The summed E-state index contributed by atoms with van der Waals surface area (Å²) in [6, 6.07) is 9.63. The van der Waals surface area contributed by atoms with Gasteiger partial charge in [0.25, 0.3) is 0 Å². The maximum Gasteiger partial charge on any atom is 0.410 e. The van der Waals surface area contributed by atoms with Gasteiger partial charge in [0.05, 0.1) is 17.0 Å². The number of carbonyl (C=O) groups excluding carboxylic acids is 1. The van der Waals surface area contributed by atoms with E-state index in [1.165, 1.54) is 0 Å². The maximum atomic E-state index is 12.3. The third-order valence-corrected chi connectivity index (χ3v) is 5.91. The molecular weight excluding hydrogens is 324 g/mol. The molecule has 0 radical (unpaired) electrons. The Balaban J connectivity index is 1.63. The number of nitrogens with zero attached hydrogens (tertiary/aromatic N) is 2. The van der Waals surface area contributed by atoms with Gasteiger partial charge in [-0.2, -0.15) is 4.40 Å². The Labute approximate surface area is 145 Å². The lowest BCUT2D eigenvalue weighted by molar-refractivity contribution is 0.103. The average molecular weight is 348 g/mol. The fourth-order valence-electron chi connectivity index (χ4n) is 2.76. The molecule has 1 spiro atoms. The number of rotatable bonds is 3. The van der Waals surface area contributed by atoms with Crippen molar-refractivity contribution in [1.82, 2.24) is 4.90 Å². The highest BCUT2D eigenvalue weighted by molar-refractivity contribution is 7.85. The fraction of sp³-hybridized carbons (Fsp3) is 0.556. The Hall–Kier alpha value is -1.69. The molecule has 0 unspecified atom stereocenters. The highest BCUT2D eigenvalue weighted by atomic mass is 32.2. The van der Waals surface area contributed by atoms with Crippen LogP contribution >= 0.6 is 0 Å². The number of carbonyl (C=O) groups is 1. The van der Waals surface area contributed by atoms with Crippen molar-refractivity contribution in [2.45, 2.75) is 45.0 Å². The minimum Gasteiger partial charge on any atom is -0.445 e. The molecule has 2 fully saturated rings. The van der Waals surface area contributed by atoms with E-state index >= 15 is 0 Å². The van der Waals surface area contributed by atoms with E-state index in [1.54, 1.807) is 4.90 Å². The van der Waals surface area contributed by atoms with Gasteiger partial charge in [-0.1, -0.05) is 30.3 Å². The van der Waals surface area contributed by atoms with Crippen molar-refractivity contribution in [1.29, 1.82) is 0 Å². The molecule has 1 amide bonds. The molecule has 1 saturated carbocycles. The van der Waals surface area contributed by atoms with Gasteiger partial charge < -0.3 is 9.64 Å². The van der Waals surface area contributed by atoms with E-state index in [0.29, 0.717) is 13.1 Å². The Bertz CT molecular complexity index is 675.